The number of rotatable bonds is 3. The number of nitrogens with zero attached hydrogens (tertiary/aromatic N) is 2. The molecule has 1 amide bonds. The molecule has 2 rings (SSSR count). The second kappa shape index (κ2) is 5.94. The Morgan fingerprint density at radius 1 is 1.53 bits per heavy atom. The molecule has 1 saturated heterocycles. The summed E-state index contributed by atoms with van der Waals surface area (Å²) in [6.45, 7) is -0.158. The highest BCUT2D eigenvalue weighted by atomic mass is 32.2. The molecule has 19 heavy (non-hydrogen) atoms. The van der Waals surface area contributed by atoms with Crippen molar-refractivity contribution in [3.05, 3.63) is 35.0 Å². The van der Waals surface area contributed by atoms with Gasteiger partial charge in [0.1, 0.15) is 10.9 Å². The highest BCUT2D eigenvalue weighted by molar-refractivity contribution is 8.26. The number of esters is 1. The molecule has 0 atom stereocenters. The van der Waals surface area contributed by atoms with Crippen LogP contribution in [-0.2, 0) is 14.3 Å². The summed E-state index contributed by atoms with van der Waals surface area (Å²) in [7, 11) is 1.27. The van der Waals surface area contributed by atoms with Crippen LogP contribution in [0.25, 0.3) is 6.08 Å². The zero-order valence-electron chi connectivity index (χ0n) is 10.0. The van der Waals surface area contributed by atoms with Crippen LogP contribution in [0.5, 0.6) is 0 Å². The van der Waals surface area contributed by atoms with Gasteiger partial charge in [-0.2, -0.15) is 0 Å². The Kier molecular flexibility index (Phi) is 4.28. The molecule has 7 heteroatoms. The van der Waals surface area contributed by atoms with Crippen LogP contribution in [0.3, 0.4) is 0 Å². The third-order valence-electron chi connectivity index (χ3n) is 2.39. The maximum atomic E-state index is 12.1. The molecule has 1 fully saturated rings. The van der Waals surface area contributed by atoms with Gasteiger partial charge in [0.15, 0.2) is 0 Å². The molecule has 0 radical (unpaired) electrons. The van der Waals surface area contributed by atoms with Crippen molar-refractivity contribution in [3.8, 4) is 0 Å². The number of thiocarbonyl (C=S) groups is 1. The number of amides is 1. The molecule has 98 valence electrons. The predicted molar refractivity (Wildman–Crippen MR) is 76.1 cm³/mol. The fraction of sp³-hybridized carbons (Fsp3) is 0.167. The molecule has 0 unspecified atom stereocenters. The van der Waals surface area contributed by atoms with Crippen molar-refractivity contribution in [3.63, 3.8) is 0 Å². The minimum Gasteiger partial charge on any atom is -0.468 e. The molecule has 0 N–H and O–H groups in total. The number of aromatic nitrogens is 1. The van der Waals surface area contributed by atoms with E-state index in [1.807, 2.05) is 0 Å². The van der Waals surface area contributed by atoms with Gasteiger partial charge in [-0.25, -0.2) is 0 Å². The van der Waals surface area contributed by atoms with Gasteiger partial charge in [-0.15, -0.1) is 0 Å². The van der Waals surface area contributed by atoms with Gasteiger partial charge in [-0.05, 0) is 23.8 Å². The van der Waals surface area contributed by atoms with E-state index >= 15 is 0 Å². The van der Waals surface area contributed by atoms with E-state index < -0.39 is 5.97 Å². The lowest BCUT2D eigenvalue weighted by Gasteiger charge is -2.11. The first-order chi connectivity index (χ1) is 9.11. The summed E-state index contributed by atoms with van der Waals surface area (Å²) in [5.74, 6) is -0.779. The Hall–Kier alpha value is -1.73. The maximum Gasteiger partial charge on any atom is 0.325 e. The topological polar surface area (TPSA) is 59.5 Å². The van der Waals surface area contributed by atoms with Crippen molar-refractivity contribution in [1.29, 1.82) is 0 Å². The number of carbonyl (C=O) groups is 2. The molecule has 1 aromatic heterocycles. The summed E-state index contributed by atoms with van der Waals surface area (Å²) >= 11 is 6.25. The van der Waals surface area contributed by atoms with Crippen LogP contribution in [0.15, 0.2) is 29.4 Å². The molecule has 1 aromatic rings. The standard InChI is InChI=1S/C12H10N2O3S2/c1-17-10(15)7-14-11(16)9(19-12(14)18)6-8-2-4-13-5-3-8/h2-6H,7H2,1H3. The lowest BCUT2D eigenvalue weighted by molar-refractivity contribution is -0.143. The molecule has 0 aromatic carbocycles. The molecular weight excluding hydrogens is 284 g/mol. The summed E-state index contributed by atoms with van der Waals surface area (Å²) < 4.78 is 4.89. The zero-order chi connectivity index (χ0) is 13.8. The second-order valence-electron chi connectivity index (χ2n) is 3.62. The third kappa shape index (κ3) is 3.18. The van der Waals surface area contributed by atoms with Gasteiger partial charge in [-0.1, -0.05) is 24.0 Å². The summed E-state index contributed by atoms with van der Waals surface area (Å²) in [6, 6.07) is 3.57. The highest BCUT2D eigenvalue weighted by Gasteiger charge is 2.33. The first-order valence-corrected chi connectivity index (χ1v) is 6.56. The van der Waals surface area contributed by atoms with Crippen molar-refractivity contribution in [2.75, 3.05) is 13.7 Å². The van der Waals surface area contributed by atoms with E-state index in [2.05, 4.69) is 9.72 Å². The number of ether oxygens (including phenoxy) is 1. The van der Waals surface area contributed by atoms with Gasteiger partial charge >= 0.3 is 5.97 Å². The van der Waals surface area contributed by atoms with Gasteiger partial charge in [0.05, 0.1) is 12.0 Å². The predicted octanol–water partition coefficient (Wildman–Crippen LogP) is 1.46. The van der Waals surface area contributed by atoms with E-state index in [9.17, 15) is 9.59 Å². The van der Waals surface area contributed by atoms with Gasteiger partial charge in [0.25, 0.3) is 5.91 Å². The smallest absolute Gasteiger partial charge is 0.325 e. The van der Waals surface area contributed by atoms with Crippen LogP contribution in [0.4, 0.5) is 0 Å². The molecule has 5 nitrogen and oxygen atoms in total. The van der Waals surface area contributed by atoms with E-state index in [0.29, 0.717) is 9.23 Å². The lowest BCUT2D eigenvalue weighted by atomic mass is 10.2. The molecule has 1 aliphatic rings. The third-order valence-corrected chi connectivity index (χ3v) is 3.77. The van der Waals surface area contributed by atoms with E-state index in [-0.39, 0.29) is 12.5 Å². The quantitative estimate of drug-likeness (QED) is 0.478. The molecular formula is C12H10N2O3S2. The van der Waals surface area contributed by atoms with Crippen molar-refractivity contribution in [2.24, 2.45) is 0 Å². The molecule has 0 bridgehead atoms. The highest BCUT2D eigenvalue weighted by Crippen LogP contribution is 2.32. The summed E-state index contributed by atoms with van der Waals surface area (Å²) in [5.41, 5.74) is 0.855. The van der Waals surface area contributed by atoms with E-state index in [0.717, 1.165) is 5.56 Å². The largest absolute Gasteiger partial charge is 0.468 e. The monoisotopic (exact) mass is 294 g/mol. The van der Waals surface area contributed by atoms with Crippen molar-refractivity contribution >= 4 is 46.3 Å². The Labute approximate surface area is 119 Å². The van der Waals surface area contributed by atoms with E-state index in [1.165, 1.54) is 23.8 Å². The summed E-state index contributed by atoms with van der Waals surface area (Å²) in [6.07, 6.45) is 5.00. The lowest BCUT2D eigenvalue weighted by Crippen LogP contribution is -2.33. The number of hydrogen-bond donors (Lipinski definition) is 0. The SMILES string of the molecule is COC(=O)CN1C(=O)C(=Cc2ccncc2)SC1=S. The van der Waals surface area contributed by atoms with Gasteiger partial charge in [0, 0.05) is 12.4 Å². The van der Waals surface area contributed by atoms with Crippen molar-refractivity contribution in [1.82, 2.24) is 9.88 Å². The van der Waals surface area contributed by atoms with Gasteiger partial charge in [-0.3, -0.25) is 19.5 Å². The fourth-order valence-electron chi connectivity index (χ4n) is 1.44. The Bertz CT molecular complexity index is 557. The number of pyridine rings is 1. The number of methoxy groups -OCH3 is 1. The fourth-order valence-corrected chi connectivity index (χ4v) is 2.70. The molecule has 0 saturated carbocycles. The molecule has 1 aliphatic heterocycles. The molecule has 0 spiro atoms. The van der Waals surface area contributed by atoms with Gasteiger partial charge < -0.3 is 4.74 Å². The average molecular weight is 294 g/mol. The first kappa shape index (κ1) is 13.7. The van der Waals surface area contributed by atoms with Crippen LogP contribution >= 0.6 is 24.0 Å². The molecule has 2 heterocycles. The van der Waals surface area contributed by atoms with Crippen LogP contribution in [0, 0.1) is 0 Å². The van der Waals surface area contributed by atoms with Crippen LogP contribution < -0.4 is 0 Å². The zero-order valence-corrected chi connectivity index (χ0v) is 11.7. The number of carbonyl (C=O) groups excluding carboxylic acids is 2. The van der Waals surface area contributed by atoms with Crippen molar-refractivity contribution in [2.45, 2.75) is 0 Å². The van der Waals surface area contributed by atoms with Crippen LogP contribution in [-0.4, -0.2) is 39.7 Å². The Morgan fingerprint density at radius 3 is 2.84 bits per heavy atom. The Balaban J connectivity index is 2.18. The van der Waals surface area contributed by atoms with Crippen LogP contribution in [0.2, 0.25) is 0 Å². The van der Waals surface area contributed by atoms with Crippen molar-refractivity contribution < 1.29 is 14.3 Å². The van der Waals surface area contributed by atoms with E-state index in [1.54, 1.807) is 30.6 Å². The second-order valence-corrected chi connectivity index (χ2v) is 5.30. The first-order valence-electron chi connectivity index (χ1n) is 5.34. The minimum atomic E-state index is -0.499. The summed E-state index contributed by atoms with van der Waals surface area (Å²) in [4.78, 5) is 28.9. The van der Waals surface area contributed by atoms with E-state index in [4.69, 9.17) is 12.2 Å². The Morgan fingerprint density at radius 2 is 2.21 bits per heavy atom. The van der Waals surface area contributed by atoms with Crippen LogP contribution in [0.1, 0.15) is 5.56 Å². The summed E-state index contributed by atoms with van der Waals surface area (Å²) in [5, 5.41) is 0. The maximum absolute atomic E-state index is 12.1. The number of hydrogen-bond acceptors (Lipinski definition) is 6. The number of thioether (sulfide) groups is 1. The minimum absolute atomic E-state index is 0.158. The average Bonchev–Trinajstić information content (AvgIpc) is 2.67. The molecule has 0 aliphatic carbocycles. The van der Waals surface area contributed by atoms with Gasteiger partial charge in [0.2, 0.25) is 0 Å². The normalized spacial score (nSPS) is 17.1.